The minimum atomic E-state index is 0.305. The van der Waals surface area contributed by atoms with E-state index in [1.807, 2.05) is 13.0 Å². The number of methoxy groups -OCH3 is 1. The van der Waals surface area contributed by atoms with Crippen LogP contribution in [0.3, 0.4) is 0 Å². The van der Waals surface area contributed by atoms with Crippen LogP contribution in [0.5, 0.6) is 6.01 Å². The first-order valence-corrected chi connectivity index (χ1v) is 6.19. The number of hydrogen-bond donors (Lipinski definition) is 1. The topological polar surface area (TPSA) is 72.8 Å². The van der Waals surface area contributed by atoms with Gasteiger partial charge in [-0.15, -0.1) is 0 Å². The van der Waals surface area contributed by atoms with Crippen molar-refractivity contribution < 1.29 is 4.74 Å². The van der Waals surface area contributed by atoms with Gasteiger partial charge in [-0.05, 0) is 25.0 Å². The molecule has 2 aromatic heterocycles. The zero-order valence-electron chi connectivity index (χ0n) is 11.3. The Morgan fingerprint density at radius 1 is 1.26 bits per heavy atom. The van der Waals surface area contributed by atoms with E-state index in [-0.39, 0.29) is 0 Å². The van der Waals surface area contributed by atoms with Crippen LogP contribution in [0.4, 0.5) is 5.95 Å². The lowest BCUT2D eigenvalue weighted by molar-refractivity contribution is 0.379. The number of aryl methyl sites for hydroxylation is 1. The molecule has 0 aliphatic rings. The highest BCUT2D eigenvalue weighted by Gasteiger charge is 2.10. The molecule has 0 aromatic carbocycles. The number of rotatable bonds is 5. The summed E-state index contributed by atoms with van der Waals surface area (Å²) in [5.41, 5.74) is 1.94. The Labute approximate surface area is 112 Å². The Hall–Kier alpha value is -2.24. The predicted molar refractivity (Wildman–Crippen MR) is 73.1 cm³/mol. The third-order valence-electron chi connectivity index (χ3n) is 2.59. The smallest absolute Gasteiger partial charge is 0.321 e. The van der Waals surface area contributed by atoms with Gasteiger partial charge in [0.2, 0.25) is 5.95 Å². The fraction of sp³-hybridized carbons (Fsp3) is 0.385. The van der Waals surface area contributed by atoms with Gasteiger partial charge < -0.3 is 10.1 Å². The molecule has 0 saturated heterocycles. The summed E-state index contributed by atoms with van der Waals surface area (Å²) in [6, 6.07) is 2.19. The minimum absolute atomic E-state index is 0.305. The lowest BCUT2D eigenvalue weighted by Crippen LogP contribution is -2.08. The summed E-state index contributed by atoms with van der Waals surface area (Å²) in [5, 5.41) is 3.14. The van der Waals surface area contributed by atoms with Crippen molar-refractivity contribution in [3.8, 4) is 17.4 Å². The highest BCUT2D eigenvalue weighted by molar-refractivity contribution is 5.60. The molecule has 0 aliphatic heterocycles. The Morgan fingerprint density at radius 2 is 2.11 bits per heavy atom. The van der Waals surface area contributed by atoms with Gasteiger partial charge in [-0.1, -0.05) is 6.92 Å². The predicted octanol–water partition coefficient (Wildman–Crippen LogP) is 2.07. The minimum Gasteiger partial charge on any atom is -0.467 e. The van der Waals surface area contributed by atoms with Crippen LogP contribution in [0.2, 0.25) is 0 Å². The molecule has 0 atom stereocenters. The third kappa shape index (κ3) is 3.15. The second-order valence-corrected chi connectivity index (χ2v) is 4.09. The summed E-state index contributed by atoms with van der Waals surface area (Å²) >= 11 is 0. The van der Waals surface area contributed by atoms with Gasteiger partial charge >= 0.3 is 6.01 Å². The van der Waals surface area contributed by atoms with Gasteiger partial charge in [-0.2, -0.15) is 15.0 Å². The van der Waals surface area contributed by atoms with E-state index in [1.54, 1.807) is 19.5 Å². The zero-order valence-corrected chi connectivity index (χ0v) is 11.3. The van der Waals surface area contributed by atoms with Crippen LogP contribution in [-0.4, -0.2) is 33.6 Å². The molecule has 100 valence electrons. The molecule has 6 nitrogen and oxygen atoms in total. The fourth-order valence-electron chi connectivity index (χ4n) is 1.61. The molecular formula is C13H17N5O. The summed E-state index contributed by atoms with van der Waals surface area (Å²) in [6.07, 6.45) is 4.50. The molecule has 19 heavy (non-hydrogen) atoms. The first-order chi connectivity index (χ1) is 9.24. The number of ether oxygens (including phenoxy) is 1. The lowest BCUT2D eigenvalue weighted by atomic mass is 10.1. The molecule has 2 rings (SSSR count). The zero-order chi connectivity index (χ0) is 13.7. The molecule has 0 fully saturated rings. The van der Waals surface area contributed by atoms with E-state index in [1.165, 1.54) is 0 Å². The van der Waals surface area contributed by atoms with Gasteiger partial charge in [-0.3, -0.25) is 4.98 Å². The van der Waals surface area contributed by atoms with Crippen LogP contribution in [0, 0.1) is 6.92 Å². The van der Waals surface area contributed by atoms with E-state index in [2.05, 4.69) is 32.2 Å². The maximum absolute atomic E-state index is 5.12. The Bertz CT molecular complexity index is 558. The van der Waals surface area contributed by atoms with Gasteiger partial charge in [0.15, 0.2) is 5.82 Å². The van der Waals surface area contributed by atoms with Crippen LogP contribution in [-0.2, 0) is 0 Å². The van der Waals surface area contributed by atoms with Crippen LogP contribution in [0.15, 0.2) is 18.5 Å². The van der Waals surface area contributed by atoms with Crippen molar-refractivity contribution in [2.75, 3.05) is 19.0 Å². The quantitative estimate of drug-likeness (QED) is 0.886. The van der Waals surface area contributed by atoms with Gasteiger partial charge in [0, 0.05) is 24.5 Å². The average Bonchev–Trinajstić information content (AvgIpc) is 2.45. The van der Waals surface area contributed by atoms with E-state index >= 15 is 0 Å². The first-order valence-electron chi connectivity index (χ1n) is 6.19. The number of pyridine rings is 1. The number of anilines is 1. The average molecular weight is 259 g/mol. The number of hydrogen-bond acceptors (Lipinski definition) is 6. The van der Waals surface area contributed by atoms with Crippen molar-refractivity contribution in [1.29, 1.82) is 0 Å². The van der Waals surface area contributed by atoms with E-state index in [0.29, 0.717) is 17.8 Å². The SMILES string of the molecule is CCCNc1nc(OC)nc(-c2ccncc2C)n1. The maximum atomic E-state index is 5.12. The second kappa shape index (κ2) is 6.08. The molecule has 0 saturated carbocycles. The summed E-state index contributed by atoms with van der Waals surface area (Å²) in [4.78, 5) is 16.9. The molecule has 0 amide bonds. The fourth-order valence-corrected chi connectivity index (χ4v) is 1.61. The monoisotopic (exact) mass is 259 g/mol. The molecule has 0 spiro atoms. The van der Waals surface area contributed by atoms with Crippen molar-refractivity contribution in [3.63, 3.8) is 0 Å². The van der Waals surface area contributed by atoms with E-state index in [0.717, 1.165) is 24.1 Å². The maximum Gasteiger partial charge on any atom is 0.321 e. The van der Waals surface area contributed by atoms with Crippen molar-refractivity contribution >= 4 is 5.95 Å². The number of aromatic nitrogens is 4. The summed E-state index contributed by atoms with van der Waals surface area (Å²) in [6.45, 7) is 4.86. The number of nitrogens with zero attached hydrogens (tertiary/aromatic N) is 4. The number of nitrogens with one attached hydrogen (secondary N) is 1. The van der Waals surface area contributed by atoms with Crippen LogP contribution < -0.4 is 10.1 Å². The Balaban J connectivity index is 2.42. The van der Waals surface area contributed by atoms with E-state index < -0.39 is 0 Å². The van der Waals surface area contributed by atoms with E-state index in [9.17, 15) is 0 Å². The molecular weight excluding hydrogens is 242 g/mol. The van der Waals surface area contributed by atoms with Crippen molar-refractivity contribution in [2.24, 2.45) is 0 Å². The second-order valence-electron chi connectivity index (χ2n) is 4.09. The van der Waals surface area contributed by atoms with Gasteiger partial charge in [-0.25, -0.2) is 0 Å². The van der Waals surface area contributed by atoms with Crippen LogP contribution >= 0.6 is 0 Å². The molecule has 0 aliphatic carbocycles. The molecule has 6 heteroatoms. The highest BCUT2D eigenvalue weighted by atomic mass is 16.5. The van der Waals surface area contributed by atoms with Crippen molar-refractivity contribution in [2.45, 2.75) is 20.3 Å². The molecule has 0 unspecified atom stereocenters. The van der Waals surface area contributed by atoms with Crippen LogP contribution in [0.1, 0.15) is 18.9 Å². The van der Waals surface area contributed by atoms with Crippen LogP contribution in [0.25, 0.3) is 11.4 Å². The Kier molecular flexibility index (Phi) is 4.22. The van der Waals surface area contributed by atoms with Crippen molar-refractivity contribution in [1.82, 2.24) is 19.9 Å². The molecule has 2 aromatic rings. The summed E-state index contributed by atoms with van der Waals surface area (Å²) < 4.78 is 5.12. The highest BCUT2D eigenvalue weighted by Crippen LogP contribution is 2.21. The lowest BCUT2D eigenvalue weighted by Gasteiger charge is -2.08. The first kappa shape index (κ1) is 13.2. The van der Waals surface area contributed by atoms with Gasteiger partial charge in [0.1, 0.15) is 0 Å². The Morgan fingerprint density at radius 3 is 2.79 bits per heavy atom. The van der Waals surface area contributed by atoms with E-state index in [4.69, 9.17) is 4.74 Å². The third-order valence-corrected chi connectivity index (χ3v) is 2.59. The normalized spacial score (nSPS) is 10.3. The van der Waals surface area contributed by atoms with Gasteiger partial charge in [0.25, 0.3) is 0 Å². The molecule has 1 N–H and O–H groups in total. The standard InChI is InChI=1S/C13H17N5O/c1-4-6-15-12-16-11(17-13(18-12)19-3)10-5-7-14-8-9(10)2/h5,7-8H,4,6H2,1-3H3,(H,15,16,17,18). The molecule has 0 radical (unpaired) electrons. The summed E-state index contributed by atoms with van der Waals surface area (Å²) in [7, 11) is 1.54. The summed E-state index contributed by atoms with van der Waals surface area (Å²) in [5.74, 6) is 1.12. The van der Waals surface area contributed by atoms with Gasteiger partial charge in [0.05, 0.1) is 7.11 Å². The molecule has 2 heterocycles. The molecule has 0 bridgehead atoms. The van der Waals surface area contributed by atoms with Crippen molar-refractivity contribution in [3.05, 3.63) is 24.0 Å². The largest absolute Gasteiger partial charge is 0.467 e.